The molecule has 0 aliphatic carbocycles. The average molecular weight is 370 g/mol. The van der Waals surface area contributed by atoms with Gasteiger partial charge in [0, 0.05) is 7.05 Å². The number of phenolic OH excluding ortho intramolecular Hbond substituents is 1. The van der Waals surface area contributed by atoms with Gasteiger partial charge in [0.15, 0.2) is 16.7 Å². The smallest absolute Gasteiger partial charge is 0.266 e. The van der Waals surface area contributed by atoms with Gasteiger partial charge < -0.3 is 14.6 Å². The lowest BCUT2D eigenvalue weighted by molar-refractivity contribution is -0.121. The van der Waals surface area contributed by atoms with Crippen molar-refractivity contribution in [2.75, 3.05) is 21.3 Å². The number of rotatable bonds is 4. The number of hydrogen-bond acceptors (Lipinski definition) is 6. The molecule has 6 nitrogen and oxygen atoms in total. The molecular formula is C19H18N2O4S. The number of aromatic hydroxyl groups is 1. The predicted octanol–water partition coefficient (Wildman–Crippen LogP) is 3.64. The summed E-state index contributed by atoms with van der Waals surface area (Å²) in [4.78, 5) is 19.1. The zero-order chi connectivity index (χ0) is 18.7. The Morgan fingerprint density at radius 1 is 1.12 bits per heavy atom. The lowest BCUT2D eigenvalue weighted by Gasteiger charge is -2.07. The number of aliphatic imine (C=N–C) groups is 1. The number of methoxy groups -OCH3 is 2. The van der Waals surface area contributed by atoms with Crippen molar-refractivity contribution in [1.29, 1.82) is 0 Å². The van der Waals surface area contributed by atoms with Gasteiger partial charge in [-0.25, -0.2) is 4.99 Å². The van der Waals surface area contributed by atoms with Gasteiger partial charge >= 0.3 is 0 Å². The van der Waals surface area contributed by atoms with Crippen LogP contribution in [0.25, 0.3) is 6.08 Å². The maximum absolute atomic E-state index is 12.5. The first-order valence-corrected chi connectivity index (χ1v) is 8.61. The van der Waals surface area contributed by atoms with Crippen LogP contribution in [0.5, 0.6) is 17.2 Å². The molecule has 1 amide bonds. The van der Waals surface area contributed by atoms with Crippen LogP contribution < -0.4 is 9.47 Å². The summed E-state index contributed by atoms with van der Waals surface area (Å²) in [5.74, 6) is 1.03. The van der Waals surface area contributed by atoms with Crippen molar-refractivity contribution in [3.8, 4) is 17.2 Å². The second kappa shape index (κ2) is 7.53. The maximum atomic E-state index is 12.5. The second-order valence-electron chi connectivity index (χ2n) is 5.50. The molecule has 0 atom stereocenters. The molecule has 0 saturated carbocycles. The van der Waals surface area contributed by atoms with Crippen LogP contribution in [0, 0.1) is 0 Å². The molecule has 26 heavy (non-hydrogen) atoms. The van der Waals surface area contributed by atoms with Gasteiger partial charge in [-0.15, -0.1) is 0 Å². The number of carbonyl (C=O) groups excluding carboxylic acids is 1. The number of carbonyl (C=O) groups is 1. The summed E-state index contributed by atoms with van der Waals surface area (Å²) in [6.07, 6.45) is 1.75. The largest absolute Gasteiger partial charge is 0.504 e. The zero-order valence-corrected chi connectivity index (χ0v) is 15.4. The molecule has 1 aliphatic rings. The third-order valence-electron chi connectivity index (χ3n) is 3.80. The summed E-state index contributed by atoms with van der Waals surface area (Å²) in [5.41, 5.74) is 1.50. The number of hydrogen-bond donors (Lipinski definition) is 1. The van der Waals surface area contributed by atoms with E-state index >= 15 is 0 Å². The van der Waals surface area contributed by atoms with Crippen molar-refractivity contribution >= 4 is 34.6 Å². The van der Waals surface area contributed by atoms with Crippen LogP contribution >= 0.6 is 11.8 Å². The highest BCUT2D eigenvalue weighted by molar-refractivity contribution is 8.18. The molecule has 3 rings (SSSR count). The maximum Gasteiger partial charge on any atom is 0.266 e. The Hall–Kier alpha value is -2.93. The molecule has 0 radical (unpaired) electrons. The van der Waals surface area contributed by atoms with Gasteiger partial charge in [-0.3, -0.25) is 9.69 Å². The standard InChI is InChI=1S/C19H18N2O4S/c1-21-18(23)17(11-12-4-9-15(22)16(10-12)25-3)26-19(21)20-13-5-7-14(24-2)8-6-13/h4-11,22H,1-3H3. The number of nitrogens with zero attached hydrogens (tertiary/aromatic N) is 2. The van der Waals surface area contributed by atoms with E-state index in [1.54, 1.807) is 32.4 Å². The lowest BCUT2D eigenvalue weighted by Crippen LogP contribution is -2.23. The highest BCUT2D eigenvalue weighted by Crippen LogP contribution is 2.35. The van der Waals surface area contributed by atoms with E-state index in [-0.39, 0.29) is 11.7 Å². The molecule has 0 aromatic heterocycles. The minimum atomic E-state index is -0.130. The van der Waals surface area contributed by atoms with Gasteiger partial charge in [0.2, 0.25) is 0 Å². The Morgan fingerprint density at radius 2 is 1.85 bits per heavy atom. The van der Waals surface area contributed by atoms with Crippen molar-refractivity contribution in [2.45, 2.75) is 0 Å². The van der Waals surface area contributed by atoms with E-state index in [1.807, 2.05) is 24.3 Å². The van der Waals surface area contributed by atoms with Crippen molar-refractivity contribution in [3.05, 3.63) is 52.9 Å². The normalized spacial score (nSPS) is 17.2. The Kier molecular flexibility index (Phi) is 5.18. The molecule has 1 N–H and O–H groups in total. The molecule has 1 saturated heterocycles. The number of likely N-dealkylation sites (N-methyl/N-ethyl adjacent to an activating group) is 1. The average Bonchev–Trinajstić information content (AvgIpc) is 2.92. The van der Waals surface area contributed by atoms with Crippen LogP contribution in [0.15, 0.2) is 52.4 Å². The molecule has 2 aromatic rings. The Balaban J connectivity index is 1.87. The van der Waals surface area contributed by atoms with Crippen molar-refractivity contribution < 1.29 is 19.4 Å². The van der Waals surface area contributed by atoms with E-state index in [9.17, 15) is 9.90 Å². The first-order valence-electron chi connectivity index (χ1n) is 7.79. The topological polar surface area (TPSA) is 71.4 Å². The molecule has 1 heterocycles. The number of ether oxygens (including phenoxy) is 2. The SMILES string of the molecule is COc1ccc(N=C2SC(=Cc3ccc(O)c(OC)c3)C(=O)N2C)cc1. The molecular weight excluding hydrogens is 352 g/mol. The van der Waals surface area contributed by atoms with Crippen LogP contribution in [0.2, 0.25) is 0 Å². The van der Waals surface area contributed by atoms with Gasteiger partial charge in [0.1, 0.15) is 5.75 Å². The van der Waals surface area contributed by atoms with E-state index < -0.39 is 0 Å². The van der Waals surface area contributed by atoms with Crippen LogP contribution in [-0.2, 0) is 4.79 Å². The first kappa shape index (κ1) is 17.9. The first-order chi connectivity index (χ1) is 12.5. The molecule has 0 bridgehead atoms. The van der Waals surface area contributed by atoms with Crippen molar-refractivity contribution in [2.24, 2.45) is 4.99 Å². The zero-order valence-electron chi connectivity index (χ0n) is 14.6. The molecule has 1 fully saturated rings. The van der Waals surface area contributed by atoms with Gasteiger partial charge in [0.25, 0.3) is 5.91 Å². The third-order valence-corrected chi connectivity index (χ3v) is 4.86. The van der Waals surface area contributed by atoms with Crippen LogP contribution in [0.3, 0.4) is 0 Å². The quantitative estimate of drug-likeness (QED) is 0.832. The van der Waals surface area contributed by atoms with E-state index in [0.29, 0.717) is 15.8 Å². The molecule has 0 unspecified atom stereocenters. The van der Waals surface area contributed by atoms with Gasteiger partial charge in [-0.2, -0.15) is 0 Å². The van der Waals surface area contributed by atoms with Crippen LogP contribution in [-0.4, -0.2) is 42.3 Å². The van der Waals surface area contributed by atoms with Crippen LogP contribution in [0.4, 0.5) is 5.69 Å². The minimum absolute atomic E-state index is 0.0546. The number of phenols is 1. The number of benzene rings is 2. The fourth-order valence-corrected chi connectivity index (χ4v) is 3.34. The molecule has 2 aromatic carbocycles. The Bertz CT molecular complexity index is 891. The lowest BCUT2D eigenvalue weighted by atomic mass is 10.2. The fraction of sp³-hybridized carbons (Fsp3) is 0.158. The second-order valence-corrected chi connectivity index (χ2v) is 6.51. The van der Waals surface area contributed by atoms with E-state index in [4.69, 9.17) is 9.47 Å². The summed E-state index contributed by atoms with van der Waals surface area (Å²) in [7, 11) is 4.78. The highest BCUT2D eigenvalue weighted by Gasteiger charge is 2.30. The van der Waals surface area contributed by atoms with E-state index in [0.717, 1.165) is 17.0 Å². The highest BCUT2D eigenvalue weighted by atomic mass is 32.2. The van der Waals surface area contributed by atoms with Crippen molar-refractivity contribution in [1.82, 2.24) is 4.90 Å². The summed E-state index contributed by atoms with van der Waals surface area (Å²) in [5, 5.41) is 10.3. The van der Waals surface area contributed by atoms with Gasteiger partial charge in [-0.1, -0.05) is 6.07 Å². The molecule has 7 heteroatoms. The summed E-state index contributed by atoms with van der Waals surface area (Å²) < 4.78 is 10.2. The molecule has 1 aliphatic heterocycles. The summed E-state index contributed by atoms with van der Waals surface area (Å²) >= 11 is 1.30. The molecule has 0 spiro atoms. The van der Waals surface area contributed by atoms with Crippen LogP contribution in [0.1, 0.15) is 5.56 Å². The van der Waals surface area contributed by atoms with Gasteiger partial charge in [-0.05, 0) is 59.8 Å². The number of amides is 1. The van der Waals surface area contributed by atoms with Crippen molar-refractivity contribution in [3.63, 3.8) is 0 Å². The Labute approximate surface area is 155 Å². The predicted molar refractivity (Wildman–Crippen MR) is 103 cm³/mol. The Morgan fingerprint density at radius 3 is 2.50 bits per heavy atom. The summed E-state index contributed by atoms with van der Waals surface area (Å²) in [6.45, 7) is 0. The monoisotopic (exact) mass is 370 g/mol. The third kappa shape index (κ3) is 3.67. The number of amidine groups is 1. The molecule has 134 valence electrons. The number of thioether (sulfide) groups is 1. The van der Waals surface area contributed by atoms with E-state index in [1.165, 1.54) is 29.8 Å². The van der Waals surface area contributed by atoms with Gasteiger partial charge in [0.05, 0.1) is 24.8 Å². The van der Waals surface area contributed by atoms with E-state index in [2.05, 4.69) is 4.99 Å². The fourth-order valence-electron chi connectivity index (χ4n) is 2.35. The minimum Gasteiger partial charge on any atom is -0.504 e. The summed E-state index contributed by atoms with van der Waals surface area (Å²) in [6, 6.07) is 12.2.